The first-order chi connectivity index (χ1) is 9.33. The quantitative estimate of drug-likeness (QED) is 0.757. The summed E-state index contributed by atoms with van der Waals surface area (Å²) in [5.74, 6) is 3.47. The van der Waals surface area contributed by atoms with E-state index in [-0.39, 0.29) is 6.10 Å². The Morgan fingerprint density at radius 3 is 2.32 bits per heavy atom. The monoisotopic (exact) mass is 252 g/mol. The van der Waals surface area contributed by atoms with Crippen molar-refractivity contribution in [3.8, 4) is 18.1 Å². The maximum Gasteiger partial charge on any atom is 0.143 e. The number of methoxy groups -OCH3 is 1. The predicted octanol–water partition coefficient (Wildman–Crippen LogP) is 3.59. The number of benzene rings is 2. The van der Waals surface area contributed by atoms with E-state index in [1.165, 1.54) is 0 Å². The van der Waals surface area contributed by atoms with Gasteiger partial charge in [0, 0.05) is 0 Å². The van der Waals surface area contributed by atoms with Crippen LogP contribution in [-0.2, 0) is 11.3 Å². The van der Waals surface area contributed by atoms with Gasteiger partial charge in [0.1, 0.15) is 11.9 Å². The summed E-state index contributed by atoms with van der Waals surface area (Å²) in [6.45, 7) is 0.502. The highest BCUT2D eigenvalue weighted by molar-refractivity contribution is 5.31. The third-order valence-corrected chi connectivity index (χ3v) is 2.83. The van der Waals surface area contributed by atoms with Crippen LogP contribution in [0.25, 0.3) is 0 Å². The van der Waals surface area contributed by atoms with Crippen molar-refractivity contribution in [1.82, 2.24) is 0 Å². The Morgan fingerprint density at radius 1 is 1.05 bits per heavy atom. The average Bonchev–Trinajstić information content (AvgIpc) is 2.49. The van der Waals surface area contributed by atoms with Crippen LogP contribution in [0.15, 0.2) is 54.6 Å². The second kappa shape index (κ2) is 6.63. The smallest absolute Gasteiger partial charge is 0.143 e. The normalized spacial score (nSPS) is 11.6. The van der Waals surface area contributed by atoms with E-state index in [0.717, 1.165) is 16.9 Å². The van der Waals surface area contributed by atoms with E-state index < -0.39 is 0 Å². The highest BCUT2D eigenvalue weighted by atomic mass is 16.5. The van der Waals surface area contributed by atoms with Crippen LogP contribution >= 0.6 is 0 Å². The van der Waals surface area contributed by atoms with E-state index in [0.29, 0.717) is 6.61 Å². The van der Waals surface area contributed by atoms with Gasteiger partial charge in [-0.05, 0) is 23.3 Å². The van der Waals surface area contributed by atoms with Crippen LogP contribution in [0.5, 0.6) is 5.75 Å². The van der Waals surface area contributed by atoms with Crippen molar-refractivity contribution >= 4 is 0 Å². The van der Waals surface area contributed by atoms with Crippen molar-refractivity contribution < 1.29 is 9.47 Å². The van der Waals surface area contributed by atoms with Gasteiger partial charge in [0.25, 0.3) is 0 Å². The molecule has 2 nitrogen and oxygen atoms in total. The first kappa shape index (κ1) is 13.2. The Balaban J connectivity index is 2.02. The topological polar surface area (TPSA) is 18.5 Å². The number of ether oxygens (including phenoxy) is 2. The molecule has 0 heterocycles. The SMILES string of the molecule is C#CC(OCc1ccccc1)c1ccc(OC)cc1. The first-order valence-electron chi connectivity index (χ1n) is 6.09. The van der Waals surface area contributed by atoms with Gasteiger partial charge in [0.15, 0.2) is 0 Å². The zero-order valence-corrected chi connectivity index (χ0v) is 10.9. The summed E-state index contributed by atoms with van der Waals surface area (Å²) in [6, 6.07) is 17.6. The van der Waals surface area contributed by atoms with Gasteiger partial charge in [-0.1, -0.05) is 48.4 Å². The molecule has 1 atom stereocenters. The molecule has 0 N–H and O–H groups in total. The third kappa shape index (κ3) is 3.61. The van der Waals surface area contributed by atoms with Crippen LogP contribution in [0.3, 0.4) is 0 Å². The molecule has 2 rings (SSSR count). The van der Waals surface area contributed by atoms with Gasteiger partial charge < -0.3 is 9.47 Å². The molecule has 19 heavy (non-hydrogen) atoms. The van der Waals surface area contributed by atoms with Crippen molar-refractivity contribution in [3.63, 3.8) is 0 Å². The molecule has 0 aliphatic carbocycles. The van der Waals surface area contributed by atoms with Crippen LogP contribution in [0, 0.1) is 12.3 Å². The molecule has 0 saturated carbocycles. The van der Waals surface area contributed by atoms with E-state index in [1.54, 1.807) is 7.11 Å². The van der Waals surface area contributed by atoms with Gasteiger partial charge in [-0.25, -0.2) is 0 Å². The van der Waals surface area contributed by atoms with Gasteiger partial charge >= 0.3 is 0 Å². The van der Waals surface area contributed by atoms with Crippen molar-refractivity contribution in [2.24, 2.45) is 0 Å². The summed E-state index contributed by atoms with van der Waals surface area (Å²) >= 11 is 0. The van der Waals surface area contributed by atoms with Gasteiger partial charge in [-0.15, -0.1) is 6.42 Å². The van der Waals surface area contributed by atoms with Crippen molar-refractivity contribution in [2.75, 3.05) is 7.11 Å². The summed E-state index contributed by atoms with van der Waals surface area (Å²) in [7, 11) is 1.64. The summed E-state index contributed by atoms with van der Waals surface area (Å²) in [4.78, 5) is 0. The fourth-order valence-electron chi connectivity index (χ4n) is 1.77. The van der Waals surface area contributed by atoms with Gasteiger partial charge in [-0.3, -0.25) is 0 Å². The zero-order valence-electron chi connectivity index (χ0n) is 10.9. The fraction of sp³-hybridized carbons (Fsp3) is 0.176. The van der Waals surface area contributed by atoms with E-state index >= 15 is 0 Å². The molecule has 0 bridgehead atoms. The lowest BCUT2D eigenvalue weighted by atomic mass is 10.1. The van der Waals surface area contributed by atoms with E-state index in [9.17, 15) is 0 Å². The second-order valence-corrected chi connectivity index (χ2v) is 4.12. The highest BCUT2D eigenvalue weighted by Crippen LogP contribution is 2.21. The standard InChI is InChI=1S/C17H16O2/c1-3-17(15-9-11-16(18-2)12-10-15)19-13-14-7-5-4-6-8-14/h1,4-12,17H,13H2,2H3. The first-order valence-corrected chi connectivity index (χ1v) is 6.09. The van der Waals surface area contributed by atoms with Crippen LogP contribution in [0.1, 0.15) is 17.2 Å². The Labute approximate surface area is 114 Å². The number of hydrogen-bond acceptors (Lipinski definition) is 2. The van der Waals surface area contributed by atoms with Crippen LogP contribution < -0.4 is 4.74 Å². The largest absolute Gasteiger partial charge is 0.497 e. The molecule has 96 valence electrons. The zero-order chi connectivity index (χ0) is 13.5. The van der Waals surface area contributed by atoms with Gasteiger partial charge in [0.05, 0.1) is 13.7 Å². The molecule has 0 aliphatic rings. The molecule has 0 saturated heterocycles. The number of rotatable bonds is 5. The lowest BCUT2D eigenvalue weighted by molar-refractivity contribution is 0.0782. The van der Waals surface area contributed by atoms with Crippen LogP contribution in [0.2, 0.25) is 0 Å². The molecule has 1 unspecified atom stereocenters. The Morgan fingerprint density at radius 2 is 1.74 bits per heavy atom. The molecule has 0 spiro atoms. The summed E-state index contributed by atoms with van der Waals surface area (Å²) < 4.78 is 10.9. The van der Waals surface area contributed by atoms with Crippen molar-refractivity contribution in [3.05, 3.63) is 65.7 Å². The maximum absolute atomic E-state index is 5.76. The van der Waals surface area contributed by atoms with E-state index in [1.807, 2.05) is 54.6 Å². The molecule has 2 aromatic carbocycles. The molecule has 0 radical (unpaired) electrons. The lowest BCUT2D eigenvalue weighted by Gasteiger charge is -2.13. The number of hydrogen-bond donors (Lipinski definition) is 0. The van der Waals surface area contributed by atoms with Crippen molar-refractivity contribution in [2.45, 2.75) is 12.7 Å². The number of terminal acetylenes is 1. The molecule has 0 amide bonds. The minimum absolute atomic E-state index is 0.342. The summed E-state index contributed by atoms with van der Waals surface area (Å²) in [5.41, 5.74) is 2.07. The Kier molecular flexibility index (Phi) is 4.60. The molecule has 0 aliphatic heterocycles. The fourth-order valence-corrected chi connectivity index (χ4v) is 1.77. The van der Waals surface area contributed by atoms with E-state index in [4.69, 9.17) is 15.9 Å². The predicted molar refractivity (Wildman–Crippen MR) is 75.8 cm³/mol. The second-order valence-electron chi connectivity index (χ2n) is 4.12. The summed E-state index contributed by atoms with van der Waals surface area (Å²) in [5, 5.41) is 0. The molecule has 0 fully saturated rings. The minimum atomic E-state index is -0.342. The Bertz CT molecular complexity index is 538. The maximum atomic E-state index is 5.76. The molecular formula is C17H16O2. The van der Waals surface area contributed by atoms with Crippen LogP contribution in [-0.4, -0.2) is 7.11 Å². The summed E-state index contributed by atoms with van der Waals surface area (Å²) in [6.07, 6.45) is 5.19. The minimum Gasteiger partial charge on any atom is -0.497 e. The highest BCUT2D eigenvalue weighted by Gasteiger charge is 2.08. The molecule has 0 aromatic heterocycles. The third-order valence-electron chi connectivity index (χ3n) is 2.83. The molecule has 2 aromatic rings. The Hall–Kier alpha value is -2.24. The van der Waals surface area contributed by atoms with Gasteiger partial charge in [0.2, 0.25) is 0 Å². The van der Waals surface area contributed by atoms with E-state index in [2.05, 4.69) is 5.92 Å². The van der Waals surface area contributed by atoms with Gasteiger partial charge in [-0.2, -0.15) is 0 Å². The lowest BCUT2D eigenvalue weighted by Crippen LogP contribution is -2.02. The average molecular weight is 252 g/mol. The van der Waals surface area contributed by atoms with Crippen molar-refractivity contribution in [1.29, 1.82) is 0 Å². The molecule has 2 heteroatoms. The molecular weight excluding hydrogens is 236 g/mol. The van der Waals surface area contributed by atoms with Crippen LogP contribution in [0.4, 0.5) is 0 Å².